The van der Waals surface area contributed by atoms with Gasteiger partial charge in [-0.25, -0.2) is 9.67 Å². The van der Waals surface area contributed by atoms with E-state index in [0.29, 0.717) is 0 Å². The molecular weight excluding hydrogens is 172 g/mol. The van der Waals surface area contributed by atoms with Gasteiger partial charge in [-0.1, -0.05) is 0 Å². The van der Waals surface area contributed by atoms with Crippen molar-refractivity contribution in [2.45, 2.75) is 6.54 Å². The summed E-state index contributed by atoms with van der Waals surface area (Å²) in [5.74, 6) is -0.181. The van der Waals surface area contributed by atoms with Gasteiger partial charge in [-0.3, -0.25) is 4.79 Å². The van der Waals surface area contributed by atoms with Crippen LogP contribution in [0.1, 0.15) is 0 Å². The second-order valence-corrected chi connectivity index (χ2v) is 2.24. The van der Waals surface area contributed by atoms with Crippen LogP contribution in [0.15, 0.2) is 6.33 Å². The molecule has 0 spiro atoms. The first-order chi connectivity index (χ1) is 6.22. The molecule has 0 aliphatic carbocycles. The quantitative estimate of drug-likeness (QED) is 0.550. The minimum absolute atomic E-state index is 0.0109. The number of carbonyl (C=O) groups is 1. The lowest BCUT2D eigenvalue weighted by Crippen LogP contribution is -2.27. The number of amides is 1. The Hall–Kier alpha value is -2.10. The van der Waals surface area contributed by atoms with Crippen LogP contribution in [-0.4, -0.2) is 27.2 Å². The molecule has 0 aromatic carbocycles. The summed E-state index contributed by atoms with van der Waals surface area (Å²) in [7, 11) is 0. The highest BCUT2D eigenvalue weighted by molar-refractivity contribution is 5.75. The van der Waals surface area contributed by atoms with E-state index in [0.717, 1.165) is 0 Å². The maximum absolute atomic E-state index is 11.0. The van der Waals surface area contributed by atoms with E-state index in [1.54, 1.807) is 6.07 Å². The molecule has 68 valence electrons. The number of hydrogen-bond acceptors (Lipinski definition) is 5. The second-order valence-electron chi connectivity index (χ2n) is 2.24. The molecule has 3 N–H and O–H groups in total. The Labute approximate surface area is 74.2 Å². The lowest BCUT2D eigenvalue weighted by atomic mass is 10.5. The maximum Gasteiger partial charge on any atom is 0.242 e. The highest BCUT2D eigenvalue weighted by atomic mass is 16.2. The SMILES string of the molecule is N#CCNC(=O)Cn1cnc(N)n1. The second kappa shape index (κ2) is 4.06. The Balaban J connectivity index is 2.41. The fraction of sp³-hybridized carbons (Fsp3) is 0.333. The van der Waals surface area contributed by atoms with Crippen molar-refractivity contribution >= 4 is 11.9 Å². The predicted octanol–water partition coefficient (Wildman–Crippen LogP) is -1.50. The number of hydrogen-bond donors (Lipinski definition) is 2. The first-order valence-electron chi connectivity index (χ1n) is 3.51. The fourth-order valence-electron chi connectivity index (χ4n) is 0.726. The predicted molar refractivity (Wildman–Crippen MR) is 43.1 cm³/mol. The highest BCUT2D eigenvalue weighted by Gasteiger charge is 2.02. The van der Waals surface area contributed by atoms with E-state index in [9.17, 15) is 4.79 Å². The van der Waals surface area contributed by atoms with Crippen LogP contribution in [0.2, 0.25) is 0 Å². The molecular formula is C6H8N6O. The van der Waals surface area contributed by atoms with E-state index in [4.69, 9.17) is 11.0 Å². The monoisotopic (exact) mass is 180 g/mol. The average molecular weight is 180 g/mol. The summed E-state index contributed by atoms with van der Waals surface area (Å²) in [6.45, 7) is 0.00882. The van der Waals surface area contributed by atoms with E-state index in [1.165, 1.54) is 11.0 Å². The summed E-state index contributed by atoms with van der Waals surface area (Å²) in [5, 5.41) is 14.2. The van der Waals surface area contributed by atoms with Gasteiger partial charge in [-0.15, -0.1) is 5.10 Å². The standard InChI is InChI=1S/C6H8N6O/c7-1-2-9-5(13)3-12-4-10-6(8)11-12/h4H,2-3H2,(H2,8,11)(H,9,13). The Morgan fingerprint density at radius 3 is 3.15 bits per heavy atom. The molecule has 0 aliphatic rings. The van der Waals surface area contributed by atoms with Crippen LogP contribution in [0.25, 0.3) is 0 Å². The summed E-state index contributed by atoms with van der Waals surface area (Å²) in [6.07, 6.45) is 1.35. The van der Waals surface area contributed by atoms with Gasteiger partial charge in [-0.05, 0) is 0 Å². The van der Waals surface area contributed by atoms with Gasteiger partial charge < -0.3 is 11.1 Å². The van der Waals surface area contributed by atoms with Crippen molar-refractivity contribution in [1.29, 1.82) is 5.26 Å². The Morgan fingerprint density at radius 1 is 1.85 bits per heavy atom. The van der Waals surface area contributed by atoms with Crippen LogP contribution in [0.5, 0.6) is 0 Å². The summed E-state index contributed by atoms with van der Waals surface area (Å²) >= 11 is 0. The van der Waals surface area contributed by atoms with Crippen molar-refractivity contribution in [2.24, 2.45) is 0 Å². The summed E-state index contributed by atoms with van der Waals surface area (Å²) in [5.41, 5.74) is 5.23. The van der Waals surface area contributed by atoms with E-state index < -0.39 is 0 Å². The molecule has 1 amide bonds. The van der Waals surface area contributed by atoms with Crippen molar-refractivity contribution in [1.82, 2.24) is 20.1 Å². The fourth-order valence-corrected chi connectivity index (χ4v) is 0.726. The van der Waals surface area contributed by atoms with Gasteiger partial charge in [-0.2, -0.15) is 5.26 Å². The molecule has 0 aliphatic heterocycles. The van der Waals surface area contributed by atoms with Gasteiger partial charge in [0, 0.05) is 0 Å². The van der Waals surface area contributed by atoms with Crippen LogP contribution in [0, 0.1) is 11.3 Å². The van der Waals surface area contributed by atoms with Gasteiger partial charge in [0.1, 0.15) is 19.4 Å². The average Bonchev–Trinajstić information content (AvgIpc) is 2.48. The third-order valence-electron chi connectivity index (χ3n) is 1.22. The van der Waals surface area contributed by atoms with Gasteiger partial charge >= 0.3 is 0 Å². The zero-order valence-corrected chi connectivity index (χ0v) is 6.77. The zero-order chi connectivity index (χ0) is 9.68. The molecule has 0 bridgehead atoms. The van der Waals surface area contributed by atoms with Crippen LogP contribution >= 0.6 is 0 Å². The van der Waals surface area contributed by atoms with Crippen molar-refractivity contribution in [3.05, 3.63) is 6.33 Å². The molecule has 1 rings (SSSR count). The Morgan fingerprint density at radius 2 is 2.62 bits per heavy atom. The number of anilines is 1. The molecule has 0 radical (unpaired) electrons. The highest BCUT2D eigenvalue weighted by Crippen LogP contribution is 1.88. The molecule has 0 saturated carbocycles. The largest absolute Gasteiger partial charge is 0.367 e. The van der Waals surface area contributed by atoms with Crippen molar-refractivity contribution < 1.29 is 4.79 Å². The van der Waals surface area contributed by atoms with Gasteiger partial charge in [0.15, 0.2) is 0 Å². The van der Waals surface area contributed by atoms with Crippen LogP contribution in [0.4, 0.5) is 5.95 Å². The molecule has 7 heteroatoms. The molecule has 0 saturated heterocycles. The van der Waals surface area contributed by atoms with Crippen LogP contribution < -0.4 is 11.1 Å². The number of nitrogens with one attached hydrogen (secondary N) is 1. The van der Waals surface area contributed by atoms with Crippen LogP contribution in [-0.2, 0) is 11.3 Å². The van der Waals surface area contributed by atoms with E-state index in [-0.39, 0.29) is 24.9 Å². The zero-order valence-electron chi connectivity index (χ0n) is 6.77. The molecule has 1 aromatic rings. The Bertz CT molecular complexity index is 337. The number of carbonyl (C=O) groups excluding carboxylic acids is 1. The molecule has 1 heterocycles. The number of nitrogens with zero attached hydrogens (tertiary/aromatic N) is 4. The molecule has 0 fully saturated rings. The Kier molecular flexibility index (Phi) is 2.81. The number of nitrogens with two attached hydrogens (primary N) is 1. The topological polar surface area (TPSA) is 110 Å². The normalized spacial score (nSPS) is 9.15. The van der Waals surface area contributed by atoms with E-state index in [2.05, 4.69) is 15.4 Å². The lowest BCUT2D eigenvalue weighted by molar-refractivity contribution is -0.121. The third-order valence-corrected chi connectivity index (χ3v) is 1.22. The maximum atomic E-state index is 11.0. The first-order valence-corrected chi connectivity index (χ1v) is 3.51. The summed E-state index contributed by atoms with van der Waals surface area (Å²) in [6, 6.07) is 1.79. The smallest absolute Gasteiger partial charge is 0.242 e. The summed E-state index contributed by atoms with van der Waals surface area (Å²) < 4.78 is 1.29. The van der Waals surface area contributed by atoms with Gasteiger partial charge in [0.2, 0.25) is 11.9 Å². The van der Waals surface area contributed by atoms with Gasteiger partial charge in [0.25, 0.3) is 0 Å². The number of rotatable bonds is 3. The first kappa shape index (κ1) is 8.99. The number of nitrogen functional groups attached to an aromatic ring is 1. The van der Waals surface area contributed by atoms with E-state index >= 15 is 0 Å². The molecule has 0 unspecified atom stereocenters. The van der Waals surface area contributed by atoms with Crippen molar-refractivity contribution in [2.75, 3.05) is 12.3 Å². The summed E-state index contributed by atoms with van der Waals surface area (Å²) in [4.78, 5) is 14.6. The minimum atomic E-state index is -0.300. The van der Waals surface area contributed by atoms with Gasteiger partial charge in [0.05, 0.1) is 6.07 Å². The number of aromatic nitrogens is 3. The van der Waals surface area contributed by atoms with Crippen molar-refractivity contribution in [3.63, 3.8) is 0 Å². The number of nitriles is 1. The molecule has 1 aromatic heterocycles. The van der Waals surface area contributed by atoms with Crippen molar-refractivity contribution in [3.8, 4) is 6.07 Å². The molecule has 7 nitrogen and oxygen atoms in total. The van der Waals surface area contributed by atoms with E-state index in [1.807, 2.05) is 0 Å². The molecule has 0 atom stereocenters. The third kappa shape index (κ3) is 2.78. The van der Waals surface area contributed by atoms with Crippen LogP contribution in [0.3, 0.4) is 0 Å². The minimum Gasteiger partial charge on any atom is -0.367 e. The molecule has 13 heavy (non-hydrogen) atoms. The lowest BCUT2D eigenvalue weighted by Gasteiger charge is -1.99.